The molecule has 0 bridgehead atoms. The van der Waals surface area contributed by atoms with Gasteiger partial charge in [0.2, 0.25) is 11.8 Å². The summed E-state index contributed by atoms with van der Waals surface area (Å²) in [6, 6.07) is 9.77. The molecule has 0 spiro atoms. The Morgan fingerprint density at radius 3 is 2.67 bits per heavy atom. The van der Waals surface area contributed by atoms with Crippen LogP contribution in [0.4, 0.5) is 14.9 Å². The number of rotatable bonds is 7. The first kappa shape index (κ1) is 24.9. The third-order valence-corrected chi connectivity index (χ3v) is 5.99. The van der Waals surface area contributed by atoms with E-state index >= 15 is 0 Å². The Morgan fingerprint density at radius 1 is 1.14 bits per heavy atom. The molecule has 0 aliphatic heterocycles. The number of primary amides is 1. The van der Waals surface area contributed by atoms with Crippen LogP contribution in [0.1, 0.15) is 12.0 Å². The molecule has 2 aromatic carbocycles. The molecule has 1 heterocycles. The van der Waals surface area contributed by atoms with E-state index in [-0.39, 0.29) is 24.1 Å². The predicted octanol–water partition coefficient (Wildman–Crippen LogP) is 1.06. The zero-order valence-corrected chi connectivity index (χ0v) is 19.1. The Balaban J connectivity index is 1.45. The van der Waals surface area contributed by atoms with Crippen LogP contribution in [0.2, 0.25) is 0 Å². The van der Waals surface area contributed by atoms with E-state index in [1.807, 2.05) is 24.3 Å². The lowest BCUT2D eigenvalue weighted by Gasteiger charge is -2.31. The summed E-state index contributed by atoms with van der Waals surface area (Å²) in [5.41, 5.74) is 7.45. The van der Waals surface area contributed by atoms with E-state index in [0.29, 0.717) is 0 Å². The molecule has 36 heavy (non-hydrogen) atoms. The maximum absolute atomic E-state index is 13.4. The molecule has 10 nitrogen and oxygen atoms in total. The number of halogens is 1. The van der Waals surface area contributed by atoms with Crippen LogP contribution in [0.15, 0.2) is 66.4 Å². The predicted molar refractivity (Wildman–Crippen MR) is 130 cm³/mol. The molecule has 0 radical (unpaired) electrons. The van der Waals surface area contributed by atoms with Crippen LogP contribution >= 0.6 is 0 Å². The number of carbonyl (C=O) groups excluding carboxylic acids is 3. The zero-order chi connectivity index (χ0) is 25.8. The molecule has 11 heteroatoms. The molecular formula is C25H26FN5O5. The molecule has 1 aliphatic carbocycles. The first-order chi connectivity index (χ1) is 17.2. The SMILES string of the molecule is NC(=O)[C@@H](Cc1c[nH]c2ccccc12)NC(=O)C1=C[C@@H](NC(=O)Nc2cccc(F)c2)[C@@H](O)[C@H](O)C1. The zero-order valence-electron chi connectivity index (χ0n) is 19.1. The number of hydrogen-bond acceptors (Lipinski definition) is 5. The molecule has 1 aliphatic rings. The summed E-state index contributed by atoms with van der Waals surface area (Å²) in [7, 11) is 0. The van der Waals surface area contributed by atoms with Crippen LogP contribution < -0.4 is 21.7 Å². The quantitative estimate of drug-likeness (QED) is 0.260. The summed E-state index contributed by atoms with van der Waals surface area (Å²) in [5.74, 6) is -1.95. The summed E-state index contributed by atoms with van der Waals surface area (Å²) < 4.78 is 13.4. The van der Waals surface area contributed by atoms with Crippen LogP contribution in [0.3, 0.4) is 0 Å². The molecule has 4 amide bonds. The lowest BCUT2D eigenvalue weighted by molar-refractivity contribution is -0.125. The number of nitrogens with two attached hydrogens (primary N) is 1. The van der Waals surface area contributed by atoms with Gasteiger partial charge in [-0.3, -0.25) is 9.59 Å². The fourth-order valence-corrected chi connectivity index (χ4v) is 4.14. The maximum atomic E-state index is 13.4. The van der Waals surface area contributed by atoms with Gasteiger partial charge in [-0.25, -0.2) is 9.18 Å². The second-order valence-electron chi connectivity index (χ2n) is 8.58. The van der Waals surface area contributed by atoms with Crippen LogP contribution in [0, 0.1) is 5.82 Å². The molecule has 188 valence electrons. The number of fused-ring (bicyclic) bond motifs is 1. The molecule has 1 aromatic heterocycles. The lowest BCUT2D eigenvalue weighted by Crippen LogP contribution is -2.53. The van der Waals surface area contributed by atoms with E-state index in [1.54, 1.807) is 6.20 Å². The Morgan fingerprint density at radius 2 is 1.92 bits per heavy atom. The molecule has 0 saturated heterocycles. The highest BCUT2D eigenvalue weighted by Gasteiger charge is 2.34. The first-order valence-electron chi connectivity index (χ1n) is 11.3. The highest BCUT2D eigenvalue weighted by molar-refractivity contribution is 5.97. The van der Waals surface area contributed by atoms with Gasteiger partial charge in [0.15, 0.2) is 0 Å². The highest BCUT2D eigenvalue weighted by Crippen LogP contribution is 2.22. The monoisotopic (exact) mass is 495 g/mol. The Hall–Kier alpha value is -4.22. The molecule has 0 unspecified atom stereocenters. The number of urea groups is 1. The van der Waals surface area contributed by atoms with Crippen LogP contribution in [0.25, 0.3) is 10.9 Å². The van der Waals surface area contributed by atoms with Crippen molar-refractivity contribution >= 4 is 34.4 Å². The highest BCUT2D eigenvalue weighted by atomic mass is 19.1. The summed E-state index contributed by atoms with van der Waals surface area (Å²) in [6.07, 6.45) is 0.246. The van der Waals surface area contributed by atoms with Crippen LogP contribution in [0.5, 0.6) is 0 Å². The van der Waals surface area contributed by atoms with Crippen molar-refractivity contribution in [3.05, 3.63) is 77.8 Å². The number of nitrogens with one attached hydrogen (secondary N) is 4. The molecule has 0 fully saturated rings. The number of amides is 4. The fraction of sp³-hybridized carbons (Fsp3) is 0.240. The molecule has 8 N–H and O–H groups in total. The van der Waals surface area contributed by atoms with Crippen molar-refractivity contribution in [3.8, 4) is 0 Å². The third kappa shape index (κ3) is 5.70. The van der Waals surface area contributed by atoms with Crippen molar-refractivity contribution < 1.29 is 29.0 Å². The van der Waals surface area contributed by atoms with Crippen molar-refractivity contribution in [3.63, 3.8) is 0 Å². The fourth-order valence-electron chi connectivity index (χ4n) is 4.14. The molecule has 4 rings (SSSR count). The van der Waals surface area contributed by atoms with Gasteiger partial charge in [0.1, 0.15) is 18.0 Å². The van der Waals surface area contributed by atoms with Gasteiger partial charge in [-0.05, 0) is 29.8 Å². The van der Waals surface area contributed by atoms with Crippen LogP contribution in [-0.2, 0) is 16.0 Å². The van der Waals surface area contributed by atoms with E-state index < -0.39 is 48.0 Å². The van der Waals surface area contributed by atoms with E-state index in [9.17, 15) is 29.0 Å². The third-order valence-electron chi connectivity index (χ3n) is 5.99. The minimum absolute atomic E-state index is 0.0639. The minimum atomic E-state index is -1.39. The first-order valence-corrected chi connectivity index (χ1v) is 11.3. The second kappa shape index (κ2) is 10.6. The summed E-state index contributed by atoms with van der Waals surface area (Å²) >= 11 is 0. The summed E-state index contributed by atoms with van der Waals surface area (Å²) in [4.78, 5) is 40.5. The average molecular weight is 496 g/mol. The number of anilines is 1. The van der Waals surface area contributed by atoms with E-state index in [1.165, 1.54) is 24.3 Å². The van der Waals surface area contributed by atoms with E-state index in [0.717, 1.165) is 22.5 Å². The summed E-state index contributed by atoms with van der Waals surface area (Å²) in [6.45, 7) is 0. The average Bonchev–Trinajstić information content (AvgIpc) is 3.24. The topological polar surface area (TPSA) is 170 Å². The van der Waals surface area contributed by atoms with Gasteiger partial charge >= 0.3 is 6.03 Å². The number of aromatic amines is 1. The van der Waals surface area contributed by atoms with Crippen molar-refractivity contribution in [2.75, 3.05) is 5.32 Å². The molecule has 4 atom stereocenters. The number of carbonyl (C=O) groups is 3. The van der Waals surface area contributed by atoms with Crippen molar-refractivity contribution in [2.24, 2.45) is 5.73 Å². The number of aromatic nitrogens is 1. The van der Waals surface area contributed by atoms with E-state index in [2.05, 4.69) is 20.9 Å². The number of aliphatic hydroxyl groups excluding tert-OH is 2. The van der Waals surface area contributed by atoms with Gasteiger partial charge in [0.25, 0.3) is 0 Å². The minimum Gasteiger partial charge on any atom is -0.390 e. The van der Waals surface area contributed by atoms with Gasteiger partial charge in [0, 0.05) is 41.2 Å². The number of benzene rings is 2. The summed E-state index contributed by atoms with van der Waals surface area (Å²) in [5, 5.41) is 29.0. The number of hydrogen-bond donors (Lipinski definition) is 7. The molecular weight excluding hydrogens is 469 g/mol. The van der Waals surface area contributed by atoms with Crippen molar-refractivity contribution in [2.45, 2.75) is 37.1 Å². The van der Waals surface area contributed by atoms with Gasteiger partial charge in [-0.1, -0.05) is 30.3 Å². The smallest absolute Gasteiger partial charge is 0.319 e. The number of aliphatic hydroxyl groups is 2. The second-order valence-corrected chi connectivity index (χ2v) is 8.58. The Kier molecular flexibility index (Phi) is 7.32. The maximum Gasteiger partial charge on any atom is 0.319 e. The van der Waals surface area contributed by atoms with Gasteiger partial charge < -0.3 is 36.9 Å². The van der Waals surface area contributed by atoms with Crippen LogP contribution in [-0.4, -0.2) is 57.3 Å². The molecule has 3 aromatic rings. The lowest BCUT2D eigenvalue weighted by atomic mass is 9.89. The normalized spacial score (nSPS) is 20.3. The largest absolute Gasteiger partial charge is 0.390 e. The molecule has 0 saturated carbocycles. The van der Waals surface area contributed by atoms with Gasteiger partial charge in [0.05, 0.1) is 12.1 Å². The number of H-pyrrole nitrogens is 1. The Bertz CT molecular complexity index is 1320. The van der Waals surface area contributed by atoms with E-state index in [4.69, 9.17) is 5.73 Å². The van der Waals surface area contributed by atoms with Crippen molar-refractivity contribution in [1.82, 2.24) is 15.6 Å². The van der Waals surface area contributed by atoms with Crippen molar-refractivity contribution in [1.29, 1.82) is 0 Å². The Labute approximate surface area is 205 Å². The van der Waals surface area contributed by atoms with Gasteiger partial charge in [-0.2, -0.15) is 0 Å². The van der Waals surface area contributed by atoms with Gasteiger partial charge in [-0.15, -0.1) is 0 Å². The standard InChI is InChI=1S/C25H26FN5O5/c26-15-4-3-5-16(11-15)29-25(36)31-19-8-13(10-21(32)22(19)33)24(35)30-20(23(27)34)9-14-12-28-18-7-2-1-6-17(14)18/h1-8,11-12,19-22,28,32-33H,9-10H2,(H2,27,34)(H,30,35)(H2,29,31,36)/t19-,20-,21-,22-/m1/s1. The number of para-hydroxylation sites is 1.